The fourth-order valence-electron chi connectivity index (χ4n) is 4.08. The number of aromatic nitrogens is 4. The van der Waals surface area contributed by atoms with E-state index in [1.54, 1.807) is 11.6 Å². The van der Waals surface area contributed by atoms with Crippen LogP contribution in [0.25, 0.3) is 11.2 Å². The van der Waals surface area contributed by atoms with Crippen LogP contribution < -0.4 is 22.3 Å². The summed E-state index contributed by atoms with van der Waals surface area (Å²) >= 11 is 1.43. The first-order valence-electron chi connectivity index (χ1n) is 10.1. The number of imidazole rings is 1. The summed E-state index contributed by atoms with van der Waals surface area (Å²) in [5.74, 6) is -0.730. The Morgan fingerprint density at radius 3 is 2.68 bits per heavy atom. The number of nitrogens with one attached hydrogen (secondary N) is 1. The number of carbonyl (C=O) groups excluding carboxylic acids is 2. The number of rotatable bonds is 6. The molecule has 2 amide bonds. The first-order chi connectivity index (χ1) is 14.8. The Balaban J connectivity index is 1.47. The number of primary amides is 1. The number of thiophene rings is 1. The number of nitrogens with zero attached hydrogens (tertiary/aromatic N) is 4. The van der Waals surface area contributed by atoms with Crippen molar-refractivity contribution in [1.82, 2.24) is 18.7 Å². The Bertz CT molecular complexity index is 1310. The van der Waals surface area contributed by atoms with Gasteiger partial charge in [0, 0.05) is 31.9 Å². The molecule has 0 fully saturated rings. The van der Waals surface area contributed by atoms with Gasteiger partial charge in [0.25, 0.3) is 11.5 Å². The fraction of sp³-hybridized carbons (Fsp3) is 0.450. The molecule has 3 aromatic rings. The fourth-order valence-corrected chi connectivity index (χ4v) is 5.39. The van der Waals surface area contributed by atoms with Crippen molar-refractivity contribution < 1.29 is 9.59 Å². The van der Waals surface area contributed by atoms with Gasteiger partial charge in [0.1, 0.15) is 5.00 Å². The minimum Gasteiger partial charge on any atom is -0.365 e. The summed E-state index contributed by atoms with van der Waals surface area (Å²) in [6, 6.07) is 0. The van der Waals surface area contributed by atoms with Crippen molar-refractivity contribution in [3.8, 4) is 0 Å². The lowest BCUT2D eigenvalue weighted by Gasteiger charge is -2.11. The van der Waals surface area contributed by atoms with Crippen molar-refractivity contribution in [3.63, 3.8) is 0 Å². The van der Waals surface area contributed by atoms with Gasteiger partial charge >= 0.3 is 5.69 Å². The van der Waals surface area contributed by atoms with Crippen LogP contribution in [0, 0.1) is 0 Å². The van der Waals surface area contributed by atoms with Gasteiger partial charge in [-0.25, -0.2) is 9.78 Å². The van der Waals surface area contributed by atoms with Crippen molar-refractivity contribution in [3.05, 3.63) is 43.2 Å². The van der Waals surface area contributed by atoms with Gasteiger partial charge in [0.05, 0.1) is 11.9 Å². The minimum atomic E-state index is -0.513. The van der Waals surface area contributed by atoms with Gasteiger partial charge in [-0.05, 0) is 37.7 Å². The molecule has 1 aliphatic carbocycles. The summed E-state index contributed by atoms with van der Waals surface area (Å²) < 4.78 is 4.02. The lowest BCUT2D eigenvalue weighted by molar-refractivity contribution is -0.116. The predicted molar refractivity (Wildman–Crippen MR) is 118 cm³/mol. The molecular formula is C20H24N6O4S. The molecule has 3 aromatic heterocycles. The van der Waals surface area contributed by atoms with E-state index < -0.39 is 17.2 Å². The van der Waals surface area contributed by atoms with Gasteiger partial charge < -0.3 is 15.6 Å². The SMILES string of the molecule is Cn1c(=O)c2c(ncn2CCCC(=O)Nc2sc3c(c2C(N)=O)CCCC3)n(C)c1=O. The van der Waals surface area contributed by atoms with Crippen LogP contribution in [0.4, 0.5) is 5.00 Å². The first-order valence-corrected chi connectivity index (χ1v) is 11.0. The van der Waals surface area contributed by atoms with E-state index >= 15 is 0 Å². The summed E-state index contributed by atoms with van der Waals surface area (Å²) in [5, 5.41) is 3.38. The summed E-state index contributed by atoms with van der Waals surface area (Å²) in [4.78, 5) is 54.3. The molecule has 0 saturated carbocycles. The monoisotopic (exact) mass is 444 g/mol. The molecule has 0 atom stereocenters. The van der Waals surface area contributed by atoms with Crippen LogP contribution in [0.3, 0.4) is 0 Å². The number of carbonyl (C=O) groups is 2. The Morgan fingerprint density at radius 2 is 1.94 bits per heavy atom. The maximum atomic E-state index is 12.5. The molecule has 0 unspecified atom stereocenters. The summed E-state index contributed by atoms with van der Waals surface area (Å²) in [6.07, 6.45) is 5.96. The normalized spacial score (nSPS) is 13.4. The van der Waals surface area contributed by atoms with Crippen molar-refractivity contribution >= 4 is 39.3 Å². The zero-order chi connectivity index (χ0) is 22.3. The van der Waals surface area contributed by atoms with Gasteiger partial charge in [-0.1, -0.05) is 0 Å². The number of aryl methyl sites for hydroxylation is 3. The maximum absolute atomic E-state index is 12.5. The molecule has 0 radical (unpaired) electrons. The topological polar surface area (TPSA) is 134 Å². The summed E-state index contributed by atoms with van der Waals surface area (Å²) in [5.41, 5.74) is 6.77. The van der Waals surface area contributed by atoms with Crippen LogP contribution in [-0.4, -0.2) is 30.5 Å². The quantitative estimate of drug-likeness (QED) is 0.582. The average molecular weight is 445 g/mol. The summed E-state index contributed by atoms with van der Waals surface area (Å²) in [7, 11) is 2.98. The summed E-state index contributed by atoms with van der Waals surface area (Å²) in [6.45, 7) is 0.390. The second-order valence-electron chi connectivity index (χ2n) is 7.75. The molecule has 0 spiro atoms. The largest absolute Gasteiger partial charge is 0.365 e. The molecule has 4 rings (SSSR count). The van der Waals surface area contributed by atoms with Crippen molar-refractivity contribution in [1.29, 1.82) is 0 Å². The zero-order valence-electron chi connectivity index (χ0n) is 17.4. The Hall–Kier alpha value is -3.21. The van der Waals surface area contributed by atoms with Gasteiger partial charge in [0.15, 0.2) is 11.2 Å². The predicted octanol–water partition coefficient (Wildman–Crippen LogP) is 0.892. The van der Waals surface area contributed by atoms with Crippen molar-refractivity contribution in [2.45, 2.75) is 45.1 Å². The Kier molecular flexibility index (Phi) is 5.52. The molecular weight excluding hydrogens is 420 g/mol. The van der Waals surface area contributed by atoms with E-state index in [1.165, 1.54) is 29.3 Å². The lowest BCUT2D eigenvalue weighted by atomic mass is 9.95. The van der Waals surface area contributed by atoms with Crippen LogP contribution >= 0.6 is 11.3 Å². The first kappa shape index (κ1) is 21.0. The molecule has 0 saturated heterocycles. The molecule has 3 N–H and O–H groups in total. The molecule has 164 valence electrons. The molecule has 10 nitrogen and oxygen atoms in total. The minimum absolute atomic E-state index is 0.201. The number of anilines is 1. The Labute approximate surface area is 181 Å². The van der Waals surface area contributed by atoms with Gasteiger partial charge in [-0.15, -0.1) is 11.3 Å². The number of hydrogen-bond acceptors (Lipinski definition) is 6. The maximum Gasteiger partial charge on any atom is 0.332 e. The highest BCUT2D eigenvalue weighted by atomic mass is 32.1. The third-order valence-electron chi connectivity index (χ3n) is 5.69. The van der Waals surface area contributed by atoms with Gasteiger partial charge in [-0.2, -0.15) is 0 Å². The second kappa shape index (κ2) is 8.14. The van der Waals surface area contributed by atoms with E-state index in [0.29, 0.717) is 34.7 Å². The number of fused-ring (bicyclic) bond motifs is 2. The molecule has 3 heterocycles. The van der Waals surface area contributed by atoms with Crippen LogP contribution in [0.1, 0.15) is 46.5 Å². The van der Waals surface area contributed by atoms with E-state index in [9.17, 15) is 19.2 Å². The molecule has 0 aliphatic heterocycles. The van der Waals surface area contributed by atoms with E-state index in [1.807, 2.05) is 0 Å². The lowest BCUT2D eigenvalue weighted by Crippen LogP contribution is -2.37. The van der Waals surface area contributed by atoms with Crippen LogP contribution in [0.15, 0.2) is 15.9 Å². The molecule has 0 bridgehead atoms. The molecule has 11 heteroatoms. The average Bonchev–Trinajstić information content (AvgIpc) is 3.32. The van der Waals surface area contributed by atoms with E-state index in [0.717, 1.165) is 40.7 Å². The third kappa shape index (κ3) is 3.69. The van der Waals surface area contributed by atoms with Crippen LogP contribution in [0.5, 0.6) is 0 Å². The van der Waals surface area contributed by atoms with E-state index in [-0.39, 0.29) is 12.3 Å². The highest BCUT2D eigenvalue weighted by molar-refractivity contribution is 7.17. The van der Waals surface area contributed by atoms with E-state index in [4.69, 9.17) is 5.73 Å². The molecule has 31 heavy (non-hydrogen) atoms. The standard InChI is InChI=1S/C20H24N6O4S/c1-24-17-15(19(29)25(2)20(24)30)26(10-22-17)9-5-8-13(27)23-18-14(16(21)28)11-6-3-4-7-12(11)31-18/h10H,3-9H2,1-2H3,(H2,21,28)(H,23,27). The molecule has 0 aromatic carbocycles. The van der Waals surface area contributed by atoms with E-state index in [2.05, 4.69) is 10.3 Å². The number of hydrogen-bond donors (Lipinski definition) is 2. The second-order valence-corrected chi connectivity index (χ2v) is 8.85. The highest BCUT2D eigenvalue weighted by Gasteiger charge is 2.25. The van der Waals surface area contributed by atoms with Gasteiger partial charge in [0.2, 0.25) is 5.91 Å². The zero-order valence-corrected chi connectivity index (χ0v) is 18.3. The molecule has 1 aliphatic rings. The third-order valence-corrected chi connectivity index (χ3v) is 6.90. The smallest absolute Gasteiger partial charge is 0.332 e. The number of nitrogens with two attached hydrogens (primary N) is 1. The number of amides is 2. The van der Waals surface area contributed by atoms with Crippen molar-refractivity contribution in [2.75, 3.05) is 5.32 Å². The highest BCUT2D eigenvalue weighted by Crippen LogP contribution is 2.37. The Morgan fingerprint density at radius 1 is 1.19 bits per heavy atom. The van der Waals surface area contributed by atoms with Gasteiger partial charge in [-0.3, -0.25) is 23.5 Å². The van der Waals surface area contributed by atoms with Crippen LogP contribution in [0.2, 0.25) is 0 Å². The van der Waals surface area contributed by atoms with Crippen molar-refractivity contribution in [2.24, 2.45) is 19.8 Å². The van der Waals surface area contributed by atoms with Crippen LogP contribution in [-0.2, 0) is 38.3 Å².